The summed E-state index contributed by atoms with van der Waals surface area (Å²) in [5.74, 6) is -0.119. The molecule has 0 spiro atoms. The highest BCUT2D eigenvalue weighted by atomic mass is 16.9. The molecule has 0 fully saturated rings. The number of amides is 2. The van der Waals surface area contributed by atoms with E-state index in [0.29, 0.717) is 50.4 Å². The van der Waals surface area contributed by atoms with Crippen LogP contribution in [0.2, 0.25) is 0 Å². The molecule has 0 aliphatic rings. The summed E-state index contributed by atoms with van der Waals surface area (Å²) >= 11 is 0. The van der Waals surface area contributed by atoms with E-state index < -0.39 is 40.6 Å². The molecule has 0 radical (unpaired) electrons. The third-order valence-corrected chi connectivity index (χ3v) is 8.67. The molecule has 15 heteroatoms. The van der Waals surface area contributed by atoms with E-state index in [9.17, 15) is 24.5 Å². The zero-order chi connectivity index (χ0) is 37.9. The van der Waals surface area contributed by atoms with Gasteiger partial charge in [0, 0.05) is 38.6 Å². The monoisotopic (exact) mass is 712 g/mol. The molecule has 0 saturated carbocycles. The van der Waals surface area contributed by atoms with E-state index >= 15 is 0 Å². The maximum absolute atomic E-state index is 13.4. The minimum atomic E-state index is -0.960. The molecule has 1 aromatic rings. The van der Waals surface area contributed by atoms with Crippen molar-refractivity contribution in [3.63, 3.8) is 0 Å². The Morgan fingerprint density at radius 3 is 2.20 bits per heavy atom. The van der Waals surface area contributed by atoms with Crippen LogP contribution in [-0.4, -0.2) is 82.4 Å². The number of hydrogen-bond donors (Lipinski definition) is 3. The summed E-state index contributed by atoms with van der Waals surface area (Å²) in [5.41, 5.74) is 12.4. The molecular formula is C35H60N4O11. The number of nitrogens with one attached hydrogen (secondary N) is 1. The molecule has 4 atom stereocenters. The molecule has 1 aromatic carbocycles. The van der Waals surface area contributed by atoms with Crippen molar-refractivity contribution in [2.24, 2.45) is 40.6 Å². The van der Waals surface area contributed by atoms with E-state index in [2.05, 4.69) is 24.0 Å². The molecule has 286 valence electrons. The van der Waals surface area contributed by atoms with Gasteiger partial charge in [-0.25, -0.2) is 4.79 Å². The average Bonchev–Trinajstić information content (AvgIpc) is 3.04. The number of nitrogens with zero attached hydrogens (tertiary/aromatic N) is 1. The number of rotatable bonds is 26. The summed E-state index contributed by atoms with van der Waals surface area (Å²) < 4.78 is 27.6. The van der Waals surface area contributed by atoms with Gasteiger partial charge in [0.25, 0.3) is 5.09 Å². The highest BCUT2D eigenvalue weighted by Gasteiger charge is 2.35. The molecule has 4 unspecified atom stereocenters. The number of nitrogens with two attached hydrogens (primary N) is 2. The van der Waals surface area contributed by atoms with E-state index in [4.69, 9.17) is 35.2 Å². The Labute approximate surface area is 296 Å². The lowest BCUT2D eigenvalue weighted by Crippen LogP contribution is -2.47. The first-order valence-electron chi connectivity index (χ1n) is 17.2. The Bertz CT molecular complexity index is 1200. The summed E-state index contributed by atoms with van der Waals surface area (Å²) in [6.45, 7) is 12.2. The van der Waals surface area contributed by atoms with E-state index in [1.54, 1.807) is 28.1 Å². The van der Waals surface area contributed by atoms with E-state index in [0.717, 1.165) is 12.0 Å². The molecular weight excluding hydrogens is 652 g/mol. The lowest BCUT2D eigenvalue weighted by molar-refractivity contribution is -0.757. The van der Waals surface area contributed by atoms with Gasteiger partial charge in [0.15, 0.2) is 11.5 Å². The first kappa shape index (κ1) is 44.2. The lowest BCUT2D eigenvalue weighted by Gasteiger charge is -2.32. The van der Waals surface area contributed by atoms with Crippen molar-refractivity contribution < 1.29 is 48.0 Å². The summed E-state index contributed by atoms with van der Waals surface area (Å²) in [5, 5.41) is 12.3. The van der Waals surface area contributed by atoms with Gasteiger partial charge in [0.2, 0.25) is 11.8 Å². The van der Waals surface area contributed by atoms with Gasteiger partial charge < -0.3 is 45.3 Å². The van der Waals surface area contributed by atoms with E-state index in [1.807, 2.05) is 32.0 Å². The Kier molecular flexibility index (Phi) is 20.1. The second-order valence-corrected chi connectivity index (χ2v) is 13.9. The first-order valence-corrected chi connectivity index (χ1v) is 17.2. The maximum atomic E-state index is 13.4. The SMILES string of the molecule is COCCCOc1cc(CC(CC(N)C(CC(C(=O)NCC(C)(C)C(N)=O)C(C)C)OC(=O)OCCCCO[N+](=O)[O-])C(C)C)ccc1OC. The van der Waals surface area contributed by atoms with E-state index in [-0.39, 0.29) is 49.8 Å². The quantitative estimate of drug-likeness (QED) is 0.0526. The van der Waals surface area contributed by atoms with Crippen LogP contribution >= 0.6 is 0 Å². The summed E-state index contributed by atoms with van der Waals surface area (Å²) in [7, 11) is 3.23. The second-order valence-electron chi connectivity index (χ2n) is 13.9. The van der Waals surface area contributed by atoms with Gasteiger partial charge in [-0.2, -0.15) is 0 Å². The van der Waals surface area contributed by atoms with Crippen LogP contribution in [0, 0.1) is 39.2 Å². The summed E-state index contributed by atoms with van der Waals surface area (Å²) in [6, 6.07) is 5.15. The highest BCUT2D eigenvalue weighted by molar-refractivity contribution is 5.83. The van der Waals surface area contributed by atoms with E-state index in [1.165, 1.54) is 0 Å². The minimum absolute atomic E-state index is 0.0412. The van der Waals surface area contributed by atoms with Crippen LogP contribution in [0.4, 0.5) is 4.79 Å². The predicted octanol–water partition coefficient (Wildman–Crippen LogP) is 4.44. The van der Waals surface area contributed by atoms with Gasteiger partial charge in [0.05, 0.1) is 32.3 Å². The zero-order valence-electron chi connectivity index (χ0n) is 31.1. The fraction of sp³-hybridized carbons (Fsp3) is 0.743. The summed E-state index contributed by atoms with van der Waals surface area (Å²) in [4.78, 5) is 52.8. The van der Waals surface area contributed by atoms with Gasteiger partial charge >= 0.3 is 6.16 Å². The number of methoxy groups -OCH3 is 2. The topological polar surface area (TPSA) is 214 Å². The van der Waals surface area contributed by atoms with Crippen molar-refractivity contribution in [3.8, 4) is 11.5 Å². The fourth-order valence-electron chi connectivity index (χ4n) is 5.17. The van der Waals surface area contributed by atoms with Crippen LogP contribution < -0.4 is 26.3 Å². The number of ether oxygens (including phenoxy) is 5. The number of primary amides is 1. The third-order valence-electron chi connectivity index (χ3n) is 8.67. The number of benzene rings is 1. The third kappa shape index (κ3) is 16.7. The number of unbranched alkanes of at least 4 members (excludes halogenated alkanes) is 1. The van der Waals surface area contributed by atoms with Crippen molar-refractivity contribution in [3.05, 3.63) is 33.9 Å². The largest absolute Gasteiger partial charge is 0.508 e. The molecule has 0 bridgehead atoms. The molecule has 0 aromatic heterocycles. The number of carbonyl (C=O) groups is 3. The molecule has 0 saturated heterocycles. The van der Waals surface area contributed by atoms with Gasteiger partial charge in [-0.05, 0) is 81.4 Å². The Morgan fingerprint density at radius 1 is 0.940 bits per heavy atom. The van der Waals surface area contributed by atoms with Gasteiger partial charge in [-0.3, -0.25) is 9.59 Å². The van der Waals surface area contributed by atoms with Crippen LogP contribution in [0.15, 0.2) is 18.2 Å². The van der Waals surface area contributed by atoms with Gasteiger partial charge in [-0.15, -0.1) is 10.1 Å². The predicted molar refractivity (Wildman–Crippen MR) is 187 cm³/mol. The van der Waals surface area contributed by atoms with Crippen molar-refractivity contribution in [2.75, 3.05) is 47.2 Å². The van der Waals surface area contributed by atoms with Gasteiger partial charge in [0.1, 0.15) is 6.10 Å². The Hall–Kier alpha value is -3.85. The molecule has 1 rings (SSSR count). The average molecular weight is 713 g/mol. The van der Waals surface area contributed by atoms with Crippen molar-refractivity contribution >= 4 is 18.0 Å². The first-order chi connectivity index (χ1) is 23.5. The second kappa shape index (κ2) is 22.8. The molecule has 2 amide bonds. The van der Waals surface area contributed by atoms with Crippen molar-refractivity contribution in [1.29, 1.82) is 0 Å². The molecule has 0 aliphatic heterocycles. The van der Waals surface area contributed by atoms with Crippen molar-refractivity contribution in [2.45, 2.75) is 92.2 Å². The van der Waals surface area contributed by atoms with Crippen molar-refractivity contribution in [1.82, 2.24) is 5.32 Å². The molecule has 5 N–H and O–H groups in total. The van der Waals surface area contributed by atoms with Crippen LogP contribution in [0.5, 0.6) is 11.5 Å². The normalized spacial score (nSPS) is 14.0. The van der Waals surface area contributed by atoms with Gasteiger partial charge in [-0.1, -0.05) is 33.8 Å². The molecule has 50 heavy (non-hydrogen) atoms. The standard InChI is InChI=1S/C35H60N4O11/c1-23(2)26(18-25-12-13-29(46-8)31(19-25)47-16-11-14-45-7)20-28(36)30(50-34(42)48-15-9-10-17-49-39(43)44)21-27(24(3)4)32(40)38-22-35(5,6)33(37)41/h12-13,19,23-24,26-28,30H,9-11,14-18,20-22,36H2,1-8H3,(H2,37,41)(H,38,40). The summed E-state index contributed by atoms with van der Waals surface area (Å²) in [6.07, 6.45) is 0.738. The Morgan fingerprint density at radius 2 is 1.62 bits per heavy atom. The lowest BCUT2D eigenvalue weighted by atomic mass is 9.80. The molecule has 0 aliphatic carbocycles. The van der Waals surface area contributed by atoms with Crippen LogP contribution in [0.1, 0.15) is 79.2 Å². The maximum Gasteiger partial charge on any atom is 0.508 e. The molecule has 15 nitrogen and oxygen atoms in total. The smallest absolute Gasteiger partial charge is 0.493 e. The minimum Gasteiger partial charge on any atom is -0.493 e. The van der Waals surface area contributed by atoms with Crippen LogP contribution in [-0.2, 0) is 35.1 Å². The number of hydrogen-bond acceptors (Lipinski definition) is 12. The van der Waals surface area contributed by atoms with Crippen LogP contribution in [0.3, 0.4) is 0 Å². The highest BCUT2D eigenvalue weighted by Crippen LogP contribution is 2.32. The van der Waals surface area contributed by atoms with Crippen LogP contribution in [0.25, 0.3) is 0 Å². The Balaban J connectivity index is 3.19. The molecule has 0 heterocycles. The fourth-order valence-corrected chi connectivity index (χ4v) is 5.17. The number of carbonyl (C=O) groups excluding carboxylic acids is 3. The zero-order valence-corrected chi connectivity index (χ0v) is 31.1.